The first kappa shape index (κ1) is 23.8. The van der Waals surface area contributed by atoms with Gasteiger partial charge in [-0.2, -0.15) is 5.10 Å². The lowest BCUT2D eigenvalue weighted by Gasteiger charge is -2.24. The highest BCUT2D eigenvalue weighted by atomic mass is 28.3. The maximum atomic E-state index is 6.54. The van der Waals surface area contributed by atoms with Crippen LogP contribution in [0.4, 0.5) is 17.1 Å². The van der Waals surface area contributed by atoms with E-state index in [1.807, 2.05) is 41.2 Å². The van der Waals surface area contributed by atoms with Crippen molar-refractivity contribution < 1.29 is 4.74 Å². The van der Waals surface area contributed by atoms with Crippen LogP contribution in [0.5, 0.6) is 0 Å². The molecule has 176 valence electrons. The van der Waals surface area contributed by atoms with Crippen molar-refractivity contribution >= 4 is 42.1 Å². The summed E-state index contributed by atoms with van der Waals surface area (Å²) in [5.41, 5.74) is 13.6. The van der Waals surface area contributed by atoms with Gasteiger partial charge in [0.2, 0.25) is 0 Å². The van der Waals surface area contributed by atoms with E-state index in [0.717, 1.165) is 57.3 Å². The van der Waals surface area contributed by atoms with Crippen LogP contribution in [0.3, 0.4) is 0 Å². The molecule has 0 spiro atoms. The summed E-state index contributed by atoms with van der Waals surface area (Å²) in [5.74, 6) is 0. The van der Waals surface area contributed by atoms with Gasteiger partial charge in [-0.15, -0.1) is 0 Å². The molecule has 0 bridgehead atoms. The standard InChI is InChI=1S/C28H34N4OSi/c1-6-21-9-7-10-24(17-21)31(2)26-12-8-11-25(29)28(26)22-13-14-23-19-30-32(27(23)18-22)20-33-15-16-34(3,4)5/h6-14,17-19H,1,15-16,20,29H2,2-5H3. The number of rotatable bonds is 9. The Balaban J connectivity index is 1.68. The van der Waals surface area contributed by atoms with Gasteiger partial charge in [0.15, 0.2) is 0 Å². The molecule has 34 heavy (non-hydrogen) atoms. The SMILES string of the molecule is C=Cc1cccc(N(C)c2cccc(N)c2-c2ccc3cnn(COCC[Si](C)(C)C)c3c2)c1. The Labute approximate surface area is 203 Å². The maximum Gasteiger partial charge on any atom is 0.139 e. The second kappa shape index (κ2) is 9.87. The largest absolute Gasteiger partial charge is 0.398 e. The van der Waals surface area contributed by atoms with E-state index in [-0.39, 0.29) is 0 Å². The van der Waals surface area contributed by atoms with E-state index in [9.17, 15) is 0 Å². The number of hydrogen-bond acceptors (Lipinski definition) is 4. The maximum absolute atomic E-state index is 6.54. The molecule has 1 heterocycles. The average Bonchev–Trinajstić information content (AvgIpc) is 3.22. The molecule has 0 radical (unpaired) electrons. The molecular weight excluding hydrogens is 436 g/mol. The number of nitrogen functional groups attached to an aromatic ring is 1. The van der Waals surface area contributed by atoms with Crippen LogP contribution in [0.2, 0.25) is 25.7 Å². The summed E-state index contributed by atoms with van der Waals surface area (Å²) in [6.07, 6.45) is 3.75. The molecule has 3 aromatic carbocycles. The lowest BCUT2D eigenvalue weighted by Crippen LogP contribution is -2.22. The highest BCUT2D eigenvalue weighted by Gasteiger charge is 2.16. The second-order valence-corrected chi connectivity index (χ2v) is 15.5. The van der Waals surface area contributed by atoms with Gasteiger partial charge >= 0.3 is 0 Å². The Morgan fingerprint density at radius 2 is 1.88 bits per heavy atom. The molecule has 4 aromatic rings. The van der Waals surface area contributed by atoms with E-state index in [1.165, 1.54) is 0 Å². The van der Waals surface area contributed by atoms with Gasteiger partial charge < -0.3 is 15.4 Å². The van der Waals surface area contributed by atoms with Gasteiger partial charge in [-0.25, -0.2) is 4.68 Å². The second-order valence-electron chi connectivity index (χ2n) is 9.87. The summed E-state index contributed by atoms with van der Waals surface area (Å²) in [6.45, 7) is 12.2. The molecule has 0 aliphatic heterocycles. The molecule has 0 fully saturated rings. The van der Waals surface area contributed by atoms with E-state index < -0.39 is 8.07 Å². The van der Waals surface area contributed by atoms with Crippen LogP contribution in [0.25, 0.3) is 28.1 Å². The number of nitrogens with two attached hydrogens (primary N) is 1. The predicted molar refractivity (Wildman–Crippen MR) is 148 cm³/mol. The minimum atomic E-state index is -1.12. The molecule has 2 N–H and O–H groups in total. The Morgan fingerprint density at radius 3 is 2.65 bits per heavy atom. The Bertz CT molecular complexity index is 1310. The number of aromatic nitrogens is 2. The van der Waals surface area contributed by atoms with Crippen molar-refractivity contribution in [2.75, 3.05) is 24.3 Å². The third-order valence-electron chi connectivity index (χ3n) is 6.07. The summed E-state index contributed by atoms with van der Waals surface area (Å²) in [4.78, 5) is 2.17. The number of fused-ring (bicyclic) bond motifs is 1. The molecule has 0 saturated heterocycles. The summed E-state index contributed by atoms with van der Waals surface area (Å²) < 4.78 is 7.90. The smallest absolute Gasteiger partial charge is 0.139 e. The zero-order chi connectivity index (χ0) is 24.3. The number of nitrogens with zero attached hydrogens (tertiary/aromatic N) is 3. The lowest BCUT2D eigenvalue weighted by atomic mass is 9.99. The normalized spacial score (nSPS) is 11.6. The Kier molecular flexibility index (Phi) is 6.91. The summed E-state index contributed by atoms with van der Waals surface area (Å²) in [5, 5.41) is 5.65. The highest BCUT2D eigenvalue weighted by molar-refractivity contribution is 6.76. The van der Waals surface area contributed by atoms with E-state index >= 15 is 0 Å². The van der Waals surface area contributed by atoms with Crippen LogP contribution in [0.15, 0.2) is 73.4 Å². The first-order valence-electron chi connectivity index (χ1n) is 11.7. The molecule has 0 amide bonds. The zero-order valence-electron chi connectivity index (χ0n) is 20.6. The third-order valence-corrected chi connectivity index (χ3v) is 7.78. The van der Waals surface area contributed by atoms with Gasteiger partial charge in [-0.05, 0) is 47.5 Å². The number of hydrogen-bond donors (Lipinski definition) is 1. The van der Waals surface area contributed by atoms with Gasteiger partial charge in [-0.3, -0.25) is 0 Å². The van der Waals surface area contributed by atoms with Crippen LogP contribution in [0, 0.1) is 0 Å². The molecular formula is C28H34N4OSi. The minimum absolute atomic E-state index is 0.447. The van der Waals surface area contributed by atoms with Gasteiger partial charge in [0, 0.05) is 44.1 Å². The topological polar surface area (TPSA) is 56.3 Å². The minimum Gasteiger partial charge on any atom is -0.398 e. The molecule has 0 aliphatic rings. The molecule has 0 unspecified atom stereocenters. The Hall–Kier alpha value is -3.35. The van der Waals surface area contributed by atoms with Gasteiger partial charge in [-0.1, -0.05) is 62.6 Å². The molecule has 6 heteroatoms. The van der Waals surface area contributed by atoms with Crippen LogP contribution in [0.1, 0.15) is 5.56 Å². The van der Waals surface area contributed by atoms with Crippen molar-refractivity contribution in [2.45, 2.75) is 32.4 Å². The molecule has 0 aliphatic carbocycles. The fourth-order valence-corrected chi connectivity index (χ4v) is 4.77. The predicted octanol–water partition coefficient (Wildman–Crippen LogP) is 7.01. The van der Waals surface area contributed by atoms with Crippen LogP contribution in [-0.4, -0.2) is 31.5 Å². The van der Waals surface area contributed by atoms with Crippen LogP contribution >= 0.6 is 0 Å². The van der Waals surface area contributed by atoms with E-state index in [4.69, 9.17) is 10.5 Å². The van der Waals surface area contributed by atoms with Crippen molar-refractivity contribution in [3.63, 3.8) is 0 Å². The van der Waals surface area contributed by atoms with Gasteiger partial charge in [0.05, 0.1) is 17.4 Å². The summed E-state index contributed by atoms with van der Waals surface area (Å²) >= 11 is 0. The zero-order valence-corrected chi connectivity index (χ0v) is 21.6. The van der Waals surface area contributed by atoms with E-state index in [0.29, 0.717) is 6.73 Å². The van der Waals surface area contributed by atoms with Crippen molar-refractivity contribution in [1.29, 1.82) is 0 Å². The van der Waals surface area contributed by atoms with Crippen LogP contribution < -0.4 is 10.6 Å². The molecule has 1 aromatic heterocycles. The highest BCUT2D eigenvalue weighted by Crippen LogP contribution is 2.39. The summed E-state index contributed by atoms with van der Waals surface area (Å²) in [7, 11) is 0.943. The number of ether oxygens (including phenoxy) is 1. The monoisotopic (exact) mass is 470 g/mol. The number of benzene rings is 3. The number of anilines is 3. The van der Waals surface area contributed by atoms with E-state index in [1.54, 1.807) is 0 Å². The van der Waals surface area contributed by atoms with Crippen molar-refractivity contribution in [2.24, 2.45) is 0 Å². The molecule has 0 atom stereocenters. The third kappa shape index (κ3) is 5.24. The van der Waals surface area contributed by atoms with Crippen molar-refractivity contribution in [3.8, 4) is 11.1 Å². The first-order chi connectivity index (χ1) is 16.3. The lowest BCUT2D eigenvalue weighted by molar-refractivity contribution is 0.0817. The summed E-state index contributed by atoms with van der Waals surface area (Å²) in [6, 6.07) is 21.9. The molecule has 5 nitrogen and oxygen atoms in total. The van der Waals surface area contributed by atoms with Crippen LogP contribution in [-0.2, 0) is 11.5 Å². The van der Waals surface area contributed by atoms with Crippen molar-refractivity contribution in [3.05, 3.63) is 79.0 Å². The quantitative estimate of drug-likeness (QED) is 0.162. The Morgan fingerprint density at radius 1 is 1.09 bits per heavy atom. The fraction of sp³-hybridized carbons (Fsp3) is 0.250. The molecule has 0 saturated carbocycles. The average molecular weight is 471 g/mol. The first-order valence-corrected chi connectivity index (χ1v) is 15.4. The molecule has 4 rings (SSSR count). The van der Waals surface area contributed by atoms with Gasteiger partial charge in [0.25, 0.3) is 0 Å². The van der Waals surface area contributed by atoms with Crippen molar-refractivity contribution in [1.82, 2.24) is 9.78 Å². The van der Waals surface area contributed by atoms with E-state index in [2.05, 4.69) is 79.7 Å². The fourth-order valence-electron chi connectivity index (χ4n) is 4.01. The van der Waals surface area contributed by atoms with Gasteiger partial charge in [0.1, 0.15) is 6.73 Å².